The summed E-state index contributed by atoms with van der Waals surface area (Å²) in [5.74, 6) is 1.57. The van der Waals surface area contributed by atoms with Crippen LogP contribution in [0.2, 0.25) is 0 Å². The second kappa shape index (κ2) is 6.58. The molecule has 0 spiro atoms. The summed E-state index contributed by atoms with van der Waals surface area (Å²) in [7, 11) is 0. The molecule has 0 amide bonds. The van der Waals surface area contributed by atoms with E-state index in [0.29, 0.717) is 11.4 Å². The number of nitrogens with one attached hydrogen (secondary N) is 1. The lowest BCUT2D eigenvalue weighted by Gasteiger charge is -2.09. The van der Waals surface area contributed by atoms with Crippen LogP contribution in [0.5, 0.6) is 5.75 Å². The van der Waals surface area contributed by atoms with Crippen LogP contribution in [0, 0.1) is 4.77 Å². The Kier molecular flexibility index (Phi) is 4.34. The fraction of sp³-hybridized carbons (Fsp3) is 0.176. The third-order valence-electron chi connectivity index (χ3n) is 3.46. The first-order valence-corrected chi connectivity index (χ1v) is 7.62. The predicted molar refractivity (Wildman–Crippen MR) is 88.9 cm³/mol. The van der Waals surface area contributed by atoms with Gasteiger partial charge < -0.3 is 4.74 Å². The van der Waals surface area contributed by atoms with E-state index in [0.717, 1.165) is 23.7 Å². The van der Waals surface area contributed by atoms with Crippen molar-refractivity contribution in [3.63, 3.8) is 0 Å². The van der Waals surface area contributed by atoms with Crippen molar-refractivity contribution in [1.29, 1.82) is 0 Å². The minimum Gasteiger partial charge on any atom is -0.486 e. The molecule has 0 saturated heterocycles. The lowest BCUT2D eigenvalue weighted by Crippen LogP contribution is -2.05. The first-order chi connectivity index (χ1) is 10.8. The van der Waals surface area contributed by atoms with Crippen molar-refractivity contribution in [2.45, 2.75) is 20.0 Å². The highest BCUT2D eigenvalue weighted by Gasteiger charge is 2.08. The van der Waals surface area contributed by atoms with Gasteiger partial charge in [0.2, 0.25) is 0 Å². The van der Waals surface area contributed by atoms with E-state index in [1.54, 1.807) is 0 Å². The van der Waals surface area contributed by atoms with E-state index in [9.17, 15) is 0 Å². The van der Waals surface area contributed by atoms with Crippen LogP contribution in [-0.2, 0) is 13.0 Å². The van der Waals surface area contributed by atoms with E-state index in [1.165, 1.54) is 5.56 Å². The normalized spacial score (nSPS) is 10.6. The first kappa shape index (κ1) is 14.5. The number of ether oxygens (including phenoxy) is 1. The first-order valence-electron chi connectivity index (χ1n) is 7.21. The van der Waals surface area contributed by atoms with Gasteiger partial charge in [0.1, 0.15) is 12.4 Å². The molecule has 0 aliphatic heterocycles. The number of aromatic nitrogens is 3. The minimum atomic E-state index is 0.355. The molecule has 1 N–H and O–H groups in total. The van der Waals surface area contributed by atoms with E-state index in [1.807, 2.05) is 47.0 Å². The number of H-pyrrole nitrogens is 1. The second-order valence-corrected chi connectivity index (χ2v) is 5.29. The van der Waals surface area contributed by atoms with Crippen molar-refractivity contribution in [2.75, 3.05) is 0 Å². The maximum absolute atomic E-state index is 5.82. The third kappa shape index (κ3) is 3.09. The maximum Gasteiger partial charge on any atom is 0.199 e. The van der Waals surface area contributed by atoms with E-state index >= 15 is 0 Å². The Morgan fingerprint density at radius 1 is 1.09 bits per heavy atom. The molecule has 0 unspecified atom stereocenters. The van der Waals surface area contributed by atoms with Crippen LogP contribution in [0.4, 0.5) is 0 Å². The quantitative estimate of drug-likeness (QED) is 0.722. The second-order valence-electron chi connectivity index (χ2n) is 4.90. The monoisotopic (exact) mass is 311 g/mol. The molecule has 1 heterocycles. The zero-order chi connectivity index (χ0) is 15.4. The van der Waals surface area contributed by atoms with Crippen LogP contribution >= 0.6 is 12.2 Å². The lowest BCUT2D eigenvalue weighted by molar-refractivity contribution is 0.293. The molecule has 4 nitrogen and oxygen atoms in total. The molecule has 1 aromatic heterocycles. The van der Waals surface area contributed by atoms with Crippen molar-refractivity contribution in [3.8, 4) is 11.4 Å². The Morgan fingerprint density at radius 2 is 1.82 bits per heavy atom. The zero-order valence-electron chi connectivity index (χ0n) is 12.3. The van der Waals surface area contributed by atoms with Gasteiger partial charge in [-0.1, -0.05) is 37.3 Å². The zero-order valence-corrected chi connectivity index (χ0v) is 13.1. The molecule has 0 atom stereocenters. The molecule has 0 bridgehead atoms. The average Bonchev–Trinajstić information content (AvgIpc) is 2.95. The molecule has 2 aromatic carbocycles. The van der Waals surface area contributed by atoms with Gasteiger partial charge in [-0.3, -0.25) is 9.67 Å². The number of aryl methyl sites for hydroxylation is 1. The molecule has 0 aliphatic carbocycles. The molecule has 0 fully saturated rings. The summed E-state index contributed by atoms with van der Waals surface area (Å²) >= 11 is 5.31. The Labute approximate surface area is 134 Å². The Morgan fingerprint density at radius 3 is 2.50 bits per heavy atom. The van der Waals surface area contributed by atoms with Crippen LogP contribution in [0.1, 0.15) is 18.3 Å². The molecular weight excluding hydrogens is 294 g/mol. The largest absolute Gasteiger partial charge is 0.486 e. The third-order valence-corrected chi connectivity index (χ3v) is 3.73. The molecule has 22 heavy (non-hydrogen) atoms. The number of hydrogen-bond donors (Lipinski definition) is 1. The Hall–Kier alpha value is -2.40. The summed E-state index contributed by atoms with van der Waals surface area (Å²) < 4.78 is 8.26. The average molecular weight is 311 g/mol. The summed E-state index contributed by atoms with van der Waals surface area (Å²) in [5, 5.41) is 7.09. The fourth-order valence-electron chi connectivity index (χ4n) is 2.24. The van der Waals surface area contributed by atoms with E-state index in [2.05, 4.69) is 29.3 Å². The van der Waals surface area contributed by atoms with Gasteiger partial charge in [0.05, 0.1) is 0 Å². The summed E-state index contributed by atoms with van der Waals surface area (Å²) in [6.45, 7) is 2.49. The van der Waals surface area contributed by atoms with Gasteiger partial charge in [-0.15, -0.1) is 0 Å². The van der Waals surface area contributed by atoms with E-state index < -0.39 is 0 Å². The van der Waals surface area contributed by atoms with Crippen LogP contribution in [-0.4, -0.2) is 14.8 Å². The highest BCUT2D eigenvalue weighted by atomic mass is 32.1. The lowest BCUT2D eigenvalue weighted by atomic mass is 10.2. The van der Waals surface area contributed by atoms with Crippen LogP contribution in [0.25, 0.3) is 5.69 Å². The van der Waals surface area contributed by atoms with Gasteiger partial charge >= 0.3 is 0 Å². The SMILES string of the molecule is CCc1ccc(OCc2n[nH]c(=S)n2-c2ccccc2)cc1. The minimum absolute atomic E-state index is 0.355. The molecular formula is C17H17N3OS. The van der Waals surface area contributed by atoms with Gasteiger partial charge in [-0.2, -0.15) is 5.10 Å². The molecule has 0 saturated carbocycles. The number of aromatic amines is 1. The van der Waals surface area contributed by atoms with Crippen molar-refractivity contribution in [3.05, 3.63) is 70.8 Å². The number of rotatable bonds is 5. The Bertz CT molecular complexity index is 791. The smallest absolute Gasteiger partial charge is 0.199 e. The Balaban J connectivity index is 1.80. The van der Waals surface area contributed by atoms with Crippen LogP contribution < -0.4 is 4.74 Å². The van der Waals surface area contributed by atoms with Crippen LogP contribution in [0.15, 0.2) is 54.6 Å². The number of benzene rings is 2. The predicted octanol–water partition coefficient (Wildman–Crippen LogP) is 4.07. The summed E-state index contributed by atoms with van der Waals surface area (Å²) in [6.07, 6.45) is 1.02. The molecule has 0 aliphatic rings. The van der Waals surface area contributed by atoms with Gasteiger partial charge in [-0.25, -0.2) is 0 Å². The van der Waals surface area contributed by atoms with Crippen molar-refractivity contribution in [1.82, 2.24) is 14.8 Å². The summed E-state index contributed by atoms with van der Waals surface area (Å²) in [6, 6.07) is 18.0. The van der Waals surface area contributed by atoms with Gasteiger partial charge in [0.15, 0.2) is 10.6 Å². The molecule has 3 aromatic rings. The molecule has 5 heteroatoms. The topological polar surface area (TPSA) is 42.8 Å². The molecule has 3 rings (SSSR count). The number of nitrogens with zero attached hydrogens (tertiary/aromatic N) is 2. The van der Waals surface area contributed by atoms with Crippen molar-refractivity contribution < 1.29 is 4.74 Å². The summed E-state index contributed by atoms with van der Waals surface area (Å²) in [4.78, 5) is 0. The molecule has 112 valence electrons. The van der Waals surface area contributed by atoms with Crippen molar-refractivity contribution >= 4 is 12.2 Å². The molecule has 0 radical (unpaired) electrons. The van der Waals surface area contributed by atoms with Gasteiger partial charge in [-0.05, 0) is 48.5 Å². The number of para-hydroxylation sites is 1. The van der Waals surface area contributed by atoms with Crippen LogP contribution in [0.3, 0.4) is 0 Å². The maximum atomic E-state index is 5.82. The fourth-order valence-corrected chi connectivity index (χ4v) is 2.50. The highest BCUT2D eigenvalue weighted by molar-refractivity contribution is 7.71. The van der Waals surface area contributed by atoms with Gasteiger partial charge in [0.25, 0.3) is 0 Å². The highest BCUT2D eigenvalue weighted by Crippen LogP contribution is 2.16. The summed E-state index contributed by atoms with van der Waals surface area (Å²) in [5.41, 5.74) is 2.26. The number of hydrogen-bond acceptors (Lipinski definition) is 3. The van der Waals surface area contributed by atoms with E-state index in [4.69, 9.17) is 17.0 Å². The van der Waals surface area contributed by atoms with Crippen molar-refractivity contribution in [2.24, 2.45) is 0 Å². The van der Waals surface area contributed by atoms with Gasteiger partial charge in [0, 0.05) is 5.69 Å². The van der Waals surface area contributed by atoms with E-state index in [-0.39, 0.29) is 0 Å². The standard InChI is InChI=1S/C17H17N3OS/c1-2-13-8-10-15(11-9-13)21-12-16-18-19-17(22)20(16)14-6-4-3-5-7-14/h3-11H,2,12H2,1H3,(H,19,22).